The van der Waals surface area contributed by atoms with Gasteiger partial charge in [-0.1, -0.05) is 133 Å². The minimum atomic E-state index is 0.0879. The predicted molar refractivity (Wildman–Crippen MR) is 162 cm³/mol. The van der Waals surface area contributed by atoms with Crippen molar-refractivity contribution >= 4 is 11.1 Å². The molecule has 184 valence electrons. The van der Waals surface area contributed by atoms with E-state index in [-0.39, 0.29) is 5.92 Å². The Labute approximate surface area is 229 Å². The first kappa shape index (κ1) is 23.1. The predicted octanol–water partition coefficient (Wildman–Crippen LogP) is 9.52. The standard InChI is InChI=1S/C38H27N/c1-4-14-27(15-5-1)32-22-13-23-33-35(31-21-12-20-30(26-31)34-24-10-11-25-39-34)36(28-16-6-2-7-17-28)37(38(32)33)29-18-8-3-9-19-29/h1-26,35H. The molecule has 1 unspecified atom stereocenters. The molecule has 0 saturated heterocycles. The molecule has 1 aliphatic carbocycles. The molecule has 1 atom stereocenters. The number of allylic oxidation sites excluding steroid dienone is 1. The zero-order valence-electron chi connectivity index (χ0n) is 21.5. The normalized spacial score (nSPS) is 14.3. The molecule has 0 saturated carbocycles. The largest absolute Gasteiger partial charge is 0.256 e. The first-order valence-electron chi connectivity index (χ1n) is 13.4. The van der Waals surface area contributed by atoms with Crippen LogP contribution in [0.1, 0.15) is 33.7 Å². The fraction of sp³-hybridized carbons (Fsp3) is 0.0263. The highest BCUT2D eigenvalue weighted by atomic mass is 14.7. The van der Waals surface area contributed by atoms with Gasteiger partial charge < -0.3 is 0 Å². The fourth-order valence-electron chi connectivity index (χ4n) is 5.97. The lowest BCUT2D eigenvalue weighted by atomic mass is 9.83. The lowest BCUT2D eigenvalue weighted by Gasteiger charge is -2.19. The van der Waals surface area contributed by atoms with E-state index in [4.69, 9.17) is 0 Å². The van der Waals surface area contributed by atoms with E-state index in [0.29, 0.717) is 0 Å². The molecule has 39 heavy (non-hydrogen) atoms. The van der Waals surface area contributed by atoms with Gasteiger partial charge in [-0.2, -0.15) is 0 Å². The van der Waals surface area contributed by atoms with Gasteiger partial charge in [-0.25, -0.2) is 0 Å². The maximum atomic E-state index is 4.64. The van der Waals surface area contributed by atoms with Crippen molar-refractivity contribution in [3.8, 4) is 22.4 Å². The molecule has 1 heteroatoms. The lowest BCUT2D eigenvalue weighted by Crippen LogP contribution is -2.02. The molecule has 6 aromatic rings. The molecular formula is C38H27N. The van der Waals surface area contributed by atoms with Crippen LogP contribution in [0.5, 0.6) is 0 Å². The lowest BCUT2D eigenvalue weighted by molar-refractivity contribution is 1.07. The Hall–Kier alpha value is -5.01. The summed E-state index contributed by atoms with van der Waals surface area (Å²) in [5.74, 6) is 0.0879. The van der Waals surface area contributed by atoms with Gasteiger partial charge in [-0.15, -0.1) is 0 Å². The van der Waals surface area contributed by atoms with Crippen LogP contribution in [0.25, 0.3) is 33.5 Å². The van der Waals surface area contributed by atoms with E-state index in [9.17, 15) is 0 Å². The molecule has 0 amide bonds. The number of benzene rings is 5. The smallest absolute Gasteiger partial charge is 0.0702 e. The van der Waals surface area contributed by atoms with E-state index < -0.39 is 0 Å². The summed E-state index contributed by atoms with van der Waals surface area (Å²) in [5, 5.41) is 0. The third-order valence-electron chi connectivity index (χ3n) is 7.63. The van der Waals surface area contributed by atoms with Crippen molar-refractivity contribution in [2.45, 2.75) is 5.92 Å². The highest BCUT2D eigenvalue weighted by molar-refractivity contribution is 6.10. The van der Waals surface area contributed by atoms with Gasteiger partial charge in [0.25, 0.3) is 0 Å². The number of hydrogen-bond acceptors (Lipinski definition) is 1. The van der Waals surface area contributed by atoms with Crippen LogP contribution >= 0.6 is 0 Å². The third-order valence-corrected chi connectivity index (χ3v) is 7.63. The minimum absolute atomic E-state index is 0.0879. The number of nitrogens with zero attached hydrogens (tertiary/aromatic N) is 1. The van der Waals surface area contributed by atoms with Gasteiger partial charge in [0.15, 0.2) is 0 Å². The molecule has 0 N–H and O–H groups in total. The van der Waals surface area contributed by atoms with Crippen LogP contribution < -0.4 is 0 Å². The number of hydrogen-bond donors (Lipinski definition) is 0. The Balaban J connectivity index is 1.55. The average Bonchev–Trinajstić information content (AvgIpc) is 3.38. The van der Waals surface area contributed by atoms with Crippen LogP contribution in [0.4, 0.5) is 0 Å². The van der Waals surface area contributed by atoms with Gasteiger partial charge in [-0.3, -0.25) is 4.98 Å². The number of fused-ring (bicyclic) bond motifs is 1. The van der Waals surface area contributed by atoms with Crippen molar-refractivity contribution < 1.29 is 0 Å². The molecular weight excluding hydrogens is 470 g/mol. The van der Waals surface area contributed by atoms with Gasteiger partial charge >= 0.3 is 0 Å². The summed E-state index contributed by atoms with van der Waals surface area (Å²) in [5.41, 5.74) is 13.7. The van der Waals surface area contributed by atoms with Crippen LogP contribution in [-0.4, -0.2) is 4.98 Å². The molecule has 0 radical (unpaired) electrons. The summed E-state index contributed by atoms with van der Waals surface area (Å²) in [6, 6.07) is 54.4. The van der Waals surface area contributed by atoms with Crippen molar-refractivity contribution in [2.24, 2.45) is 0 Å². The zero-order chi connectivity index (χ0) is 26.0. The Morgan fingerprint density at radius 2 is 1.08 bits per heavy atom. The van der Waals surface area contributed by atoms with Gasteiger partial charge in [0.2, 0.25) is 0 Å². The summed E-state index contributed by atoms with van der Waals surface area (Å²) in [6.45, 7) is 0. The van der Waals surface area contributed by atoms with Crippen LogP contribution in [0.2, 0.25) is 0 Å². The molecule has 1 aromatic heterocycles. The summed E-state index contributed by atoms with van der Waals surface area (Å²) in [4.78, 5) is 4.64. The first-order chi connectivity index (χ1) is 19.4. The van der Waals surface area contributed by atoms with Crippen molar-refractivity contribution in [2.75, 3.05) is 0 Å². The van der Waals surface area contributed by atoms with Crippen LogP contribution in [0, 0.1) is 0 Å². The van der Waals surface area contributed by atoms with Gasteiger partial charge in [0.05, 0.1) is 5.69 Å². The molecule has 1 nitrogen and oxygen atoms in total. The van der Waals surface area contributed by atoms with Gasteiger partial charge in [-0.05, 0) is 68.3 Å². The quantitative estimate of drug-likeness (QED) is 0.231. The summed E-state index contributed by atoms with van der Waals surface area (Å²) >= 11 is 0. The van der Waals surface area contributed by atoms with Crippen molar-refractivity contribution in [3.63, 3.8) is 0 Å². The van der Waals surface area contributed by atoms with Crippen LogP contribution in [0.15, 0.2) is 158 Å². The van der Waals surface area contributed by atoms with E-state index in [1.807, 2.05) is 12.3 Å². The Bertz CT molecular complexity index is 1770. The number of aromatic nitrogens is 1. The fourth-order valence-corrected chi connectivity index (χ4v) is 5.97. The van der Waals surface area contributed by atoms with E-state index in [1.165, 1.54) is 50.1 Å². The maximum absolute atomic E-state index is 4.64. The molecule has 7 rings (SSSR count). The molecule has 0 bridgehead atoms. The topological polar surface area (TPSA) is 12.9 Å². The number of rotatable bonds is 5. The number of pyridine rings is 1. The van der Waals surface area contributed by atoms with E-state index >= 15 is 0 Å². The second kappa shape index (κ2) is 10.0. The monoisotopic (exact) mass is 497 g/mol. The molecule has 1 aliphatic rings. The molecule has 0 fully saturated rings. The second-order valence-corrected chi connectivity index (χ2v) is 9.93. The van der Waals surface area contributed by atoms with Crippen molar-refractivity contribution in [1.82, 2.24) is 4.98 Å². The first-order valence-corrected chi connectivity index (χ1v) is 13.4. The zero-order valence-corrected chi connectivity index (χ0v) is 21.5. The third kappa shape index (κ3) is 4.19. The highest BCUT2D eigenvalue weighted by Crippen LogP contribution is 2.55. The molecule has 0 spiro atoms. The Morgan fingerprint density at radius 3 is 1.77 bits per heavy atom. The van der Waals surface area contributed by atoms with E-state index in [1.54, 1.807) is 0 Å². The highest BCUT2D eigenvalue weighted by Gasteiger charge is 2.35. The van der Waals surface area contributed by atoms with Crippen molar-refractivity contribution in [1.29, 1.82) is 0 Å². The van der Waals surface area contributed by atoms with Crippen molar-refractivity contribution in [3.05, 3.63) is 186 Å². The molecule has 0 aliphatic heterocycles. The summed E-state index contributed by atoms with van der Waals surface area (Å²) in [7, 11) is 0. The summed E-state index contributed by atoms with van der Waals surface area (Å²) < 4.78 is 0. The van der Waals surface area contributed by atoms with E-state index in [0.717, 1.165) is 11.3 Å². The second-order valence-electron chi connectivity index (χ2n) is 9.93. The van der Waals surface area contributed by atoms with Crippen LogP contribution in [-0.2, 0) is 0 Å². The Kier molecular flexibility index (Phi) is 5.95. The average molecular weight is 498 g/mol. The summed E-state index contributed by atoms with van der Waals surface area (Å²) in [6.07, 6.45) is 1.86. The van der Waals surface area contributed by atoms with Gasteiger partial charge in [0, 0.05) is 17.7 Å². The maximum Gasteiger partial charge on any atom is 0.0702 e. The molecule has 1 heterocycles. The minimum Gasteiger partial charge on any atom is -0.256 e. The van der Waals surface area contributed by atoms with Crippen LogP contribution in [0.3, 0.4) is 0 Å². The van der Waals surface area contributed by atoms with E-state index in [2.05, 4.69) is 151 Å². The Morgan fingerprint density at radius 1 is 0.462 bits per heavy atom. The van der Waals surface area contributed by atoms with Gasteiger partial charge in [0.1, 0.15) is 0 Å². The SMILES string of the molecule is c1ccc(C2=C(c3ccccc3)C(c3cccc(-c4ccccn4)c3)c3cccc(-c4ccccc4)c32)cc1. The molecule has 5 aromatic carbocycles.